The molecule has 1 amide bonds. The minimum absolute atomic E-state index is 0.105. The number of carbonyl (C=O) groups is 1. The largest absolute Gasteiger partial charge is 0.322 e. The van der Waals surface area contributed by atoms with Crippen molar-refractivity contribution >= 4 is 50.1 Å². The van der Waals surface area contributed by atoms with E-state index < -0.39 is 0 Å². The lowest BCUT2D eigenvalue weighted by Crippen LogP contribution is -2.17. The predicted octanol–water partition coefficient (Wildman–Crippen LogP) is 4.37. The third kappa shape index (κ3) is 4.52. The quantitative estimate of drug-likeness (QED) is 0.690. The van der Waals surface area contributed by atoms with Crippen molar-refractivity contribution in [2.75, 3.05) is 19.4 Å². The average molecular weight is 459 g/mol. The van der Waals surface area contributed by atoms with Crippen molar-refractivity contribution in [3.05, 3.63) is 61.6 Å². The van der Waals surface area contributed by atoms with Gasteiger partial charge in [0, 0.05) is 20.3 Å². The van der Waals surface area contributed by atoms with Gasteiger partial charge in [-0.1, -0.05) is 18.2 Å². The second-order valence-electron chi connectivity index (χ2n) is 4.97. The smallest absolute Gasteiger partial charge is 0.256 e. The summed E-state index contributed by atoms with van der Waals surface area (Å²) in [5.74, 6) is -0.105. The molecule has 0 aliphatic heterocycles. The lowest BCUT2D eigenvalue weighted by molar-refractivity contribution is 0.102. The Balaban J connectivity index is 2.25. The summed E-state index contributed by atoms with van der Waals surface area (Å²) in [5.41, 5.74) is 2.58. The van der Waals surface area contributed by atoms with Crippen LogP contribution in [0.3, 0.4) is 0 Å². The number of anilines is 1. The van der Waals surface area contributed by atoms with Crippen LogP contribution in [0.4, 0.5) is 5.69 Å². The second kappa shape index (κ2) is 7.38. The van der Waals surface area contributed by atoms with E-state index in [1.54, 1.807) is 0 Å². The zero-order valence-corrected chi connectivity index (χ0v) is 15.6. The summed E-state index contributed by atoms with van der Waals surface area (Å²) in [7, 11) is 4.02. The molecular weight excluding hydrogens is 443 g/mol. The molecule has 2 aromatic rings. The fourth-order valence-corrected chi connectivity index (χ4v) is 2.90. The number of carbonyl (C=O) groups excluding carboxylic acids is 1. The van der Waals surface area contributed by atoms with Crippen molar-refractivity contribution in [1.29, 1.82) is 0 Å². The number of para-hydroxylation sites is 1. The highest BCUT2D eigenvalue weighted by molar-refractivity contribution is 14.1. The first-order valence-electron chi connectivity index (χ1n) is 6.46. The van der Waals surface area contributed by atoms with Gasteiger partial charge in [-0.3, -0.25) is 4.79 Å². The number of nitrogens with zero attached hydrogens (tertiary/aromatic N) is 1. The summed E-state index contributed by atoms with van der Waals surface area (Å²) >= 11 is 5.63. The molecular formula is C16H16BrIN2O. The monoisotopic (exact) mass is 458 g/mol. The minimum atomic E-state index is -0.105. The Morgan fingerprint density at radius 3 is 2.67 bits per heavy atom. The number of benzene rings is 2. The van der Waals surface area contributed by atoms with Gasteiger partial charge in [-0.2, -0.15) is 0 Å². The summed E-state index contributed by atoms with van der Waals surface area (Å²) in [6.07, 6.45) is 0. The SMILES string of the molecule is CN(C)Cc1ccccc1NC(=O)c1cc(I)ccc1Br. The molecule has 0 heterocycles. The number of amides is 1. The van der Waals surface area contributed by atoms with Crippen LogP contribution in [0, 0.1) is 3.57 Å². The van der Waals surface area contributed by atoms with Gasteiger partial charge in [0.15, 0.2) is 0 Å². The minimum Gasteiger partial charge on any atom is -0.322 e. The fraction of sp³-hybridized carbons (Fsp3) is 0.188. The van der Waals surface area contributed by atoms with Gasteiger partial charge in [0.2, 0.25) is 0 Å². The Bertz CT molecular complexity index is 658. The van der Waals surface area contributed by atoms with Gasteiger partial charge in [-0.05, 0) is 82.4 Å². The zero-order valence-electron chi connectivity index (χ0n) is 11.9. The number of rotatable bonds is 4. The maximum Gasteiger partial charge on any atom is 0.256 e. The topological polar surface area (TPSA) is 32.3 Å². The highest BCUT2D eigenvalue weighted by atomic mass is 127. The van der Waals surface area contributed by atoms with E-state index in [1.165, 1.54) is 0 Å². The van der Waals surface area contributed by atoms with Crippen LogP contribution < -0.4 is 5.32 Å². The van der Waals surface area contributed by atoms with Crippen molar-refractivity contribution in [1.82, 2.24) is 4.90 Å². The van der Waals surface area contributed by atoms with Crippen molar-refractivity contribution < 1.29 is 4.79 Å². The van der Waals surface area contributed by atoms with Gasteiger partial charge in [-0.15, -0.1) is 0 Å². The third-order valence-corrected chi connectivity index (χ3v) is 4.29. The van der Waals surface area contributed by atoms with E-state index in [9.17, 15) is 4.79 Å². The van der Waals surface area contributed by atoms with Crippen LogP contribution in [-0.4, -0.2) is 24.9 Å². The lowest BCUT2D eigenvalue weighted by atomic mass is 10.1. The van der Waals surface area contributed by atoms with E-state index in [1.807, 2.05) is 56.6 Å². The Morgan fingerprint density at radius 2 is 1.95 bits per heavy atom. The summed E-state index contributed by atoms with van der Waals surface area (Å²) in [6.45, 7) is 0.782. The number of halogens is 2. The van der Waals surface area contributed by atoms with Crippen molar-refractivity contribution in [3.8, 4) is 0 Å². The molecule has 0 spiro atoms. The Hall–Kier alpha value is -0.920. The van der Waals surface area contributed by atoms with Crippen molar-refractivity contribution in [2.45, 2.75) is 6.54 Å². The first-order chi connectivity index (χ1) is 9.97. The first-order valence-corrected chi connectivity index (χ1v) is 8.33. The van der Waals surface area contributed by atoms with Crippen molar-refractivity contribution in [3.63, 3.8) is 0 Å². The summed E-state index contributed by atoms with van der Waals surface area (Å²) in [4.78, 5) is 14.5. The maximum absolute atomic E-state index is 12.5. The molecule has 110 valence electrons. The lowest BCUT2D eigenvalue weighted by Gasteiger charge is -2.15. The van der Waals surface area contributed by atoms with Gasteiger partial charge in [0.25, 0.3) is 5.91 Å². The molecule has 21 heavy (non-hydrogen) atoms. The fourth-order valence-electron chi connectivity index (χ4n) is 1.98. The van der Waals surface area contributed by atoms with Crippen LogP contribution in [0.5, 0.6) is 0 Å². The van der Waals surface area contributed by atoms with Gasteiger partial charge >= 0.3 is 0 Å². The predicted molar refractivity (Wildman–Crippen MR) is 98.6 cm³/mol. The van der Waals surface area contributed by atoms with Crippen molar-refractivity contribution in [2.24, 2.45) is 0 Å². The number of hydrogen-bond donors (Lipinski definition) is 1. The Morgan fingerprint density at radius 1 is 1.24 bits per heavy atom. The zero-order chi connectivity index (χ0) is 15.4. The van der Waals surface area contributed by atoms with Crippen LogP contribution in [0.2, 0.25) is 0 Å². The Labute approximate surface area is 147 Å². The maximum atomic E-state index is 12.5. The molecule has 2 rings (SSSR count). The molecule has 2 aromatic carbocycles. The van der Waals surface area contributed by atoms with Crippen LogP contribution in [-0.2, 0) is 6.54 Å². The highest BCUT2D eigenvalue weighted by Crippen LogP contribution is 2.22. The number of hydrogen-bond acceptors (Lipinski definition) is 2. The van der Waals surface area contributed by atoms with E-state index in [0.29, 0.717) is 5.56 Å². The van der Waals surface area contributed by atoms with E-state index in [4.69, 9.17) is 0 Å². The van der Waals surface area contributed by atoms with Gasteiger partial charge in [-0.25, -0.2) is 0 Å². The number of nitrogens with one attached hydrogen (secondary N) is 1. The summed E-state index contributed by atoms with van der Waals surface area (Å²) < 4.78 is 1.83. The van der Waals surface area contributed by atoms with E-state index >= 15 is 0 Å². The van der Waals surface area contributed by atoms with Crippen LogP contribution >= 0.6 is 38.5 Å². The summed E-state index contributed by atoms with van der Waals surface area (Å²) in [5, 5.41) is 3.00. The summed E-state index contributed by atoms with van der Waals surface area (Å²) in [6, 6.07) is 13.6. The van der Waals surface area contributed by atoms with Crippen LogP contribution in [0.15, 0.2) is 46.9 Å². The standard InChI is InChI=1S/C16H16BrIN2O/c1-20(2)10-11-5-3-4-6-15(11)19-16(21)13-9-12(18)7-8-14(13)17/h3-9H,10H2,1-2H3,(H,19,21). The first kappa shape index (κ1) is 16.5. The molecule has 0 aliphatic carbocycles. The molecule has 0 fully saturated rings. The van der Waals surface area contributed by atoms with E-state index in [2.05, 4.69) is 48.7 Å². The molecule has 0 atom stereocenters. The van der Waals surface area contributed by atoms with Gasteiger partial charge in [0.1, 0.15) is 0 Å². The molecule has 1 N–H and O–H groups in total. The molecule has 0 unspecified atom stereocenters. The molecule has 5 heteroatoms. The Kier molecular flexibility index (Phi) is 5.78. The molecule has 0 aromatic heterocycles. The molecule has 0 saturated carbocycles. The molecule has 3 nitrogen and oxygen atoms in total. The normalized spacial score (nSPS) is 10.7. The van der Waals surface area contributed by atoms with Gasteiger partial charge in [0.05, 0.1) is 5.56 Å². The molecule has 0 saturated heterocycles. The highest BCUT2D eigenvalue weighted by Gasteiger charge is 2.12. The van der Waals surface area contributed by atoms with E-state index in [0.717, 1.165) is 25.8 Å². The molecule has 0 bridgehead atoms. The van der Waals surface area contributed by atoms with Gasteiger partial charge < -0.3 is 10.2 Å². The average Bonchev–Trinajstić information content (AvgIpc) is 2.43. The van der Waals surface area contributed by atoms with E-state index in [-0.39, 0.29) is 5.91 Å². The van der Waals surface area contributed by atoms with Crippen LogP contribution in [0.1, 0.15) is 15.9 Å². The molecule has 0 aliphatic rings. The second-order valence-corrected chi connectivity index (χ2v) is 7.07. The third-order valence-electron chi connectivity index (χ3n) is 2.93. The molecule has 0 radical (unpaired) electrons. The van der Waals surface area contributed by atoms with Crippen LogP contribution in [0.25, 0.3) is 0 Å².